The molecule has 8 heteroatoms. The highest BCUT2D eigenvalue weighted by Gasteiger charge is 2.24. The van der Waals surface area contributed by atoms with E-state index in [-0.39, 0.29) is 18.4 Å². The highest BCUT2D eigenvalue weighted by molar-refractivity contribution is 6.02. The number of carbonyl (C=O) groups excluding carboxylic acids is 3. The zero-order chi connectivity index (χ0) is 20.8. The van der Waals surface area contributed by atoms with Crippen LogP contribution in [0, 0.1) is 13.8 Å². The van der Waals surface area contributed by atoms with Gasteiger partial charge >= 0.3 is 6.03 Å². The molecule has 1 aromatic rings. The van der Waals surface area contributed by atoms with E-state index < -0.39 is 6.03 Å². The summed E-state index contributed by atoms with van der Waals surface area (Å²) >= 11 is 0. The molecular weight excluding hydrogens is 370 g/mol. The van der Waals surface area contributed by atoms with Gasteiger partial charge in [0.25, 0.3) is 0 Å². The summed E-state index contributed by atoms with van der Waals surface area (Å²) < 4.78 is 0. The molecular formula is C21H31N5O3. The van der Waals surface area contributed by atoms with E-state index >= 15 is 0 Å². The van der Waals surface area contributed by atoms with Crippen molar-refractivity contribution in [3.8, 4) is 0 Å². The number of anilines is 1. The molecule has 0 radical (unpaired) electrons. The Bertz CT molecular complexity index is 753. The maximum Gasteiger partial charge on any atom is 0.325 e. The molecule has 0 bridgehead atoms. The van der Waals surface area contributed by atoms with E-state index in [1.54, 1.807) is 0 Å². The molecule has 2 heterocycles. The first kappa shape index (κ1) is 21.3. The van der Waals surface area contributed by atoms with Gasteiger partial charge in [-0.05, 0) is 38.3 Å². The van der Waals surface area contributed by atoms with Crippen molar-refractivity contribution in [2.24, 2.45) is 0 Å². The van der Waals surface area contributed by atoms with Crippen LogP contribution in [0.25, 0.3) is 0 Å². The Hall–Kier alpha value is -2.45. The largest absolute Gasteiger partial charge is 0.342 e. The number of hydrogen-bond acceptors (Lipinski definition) is 5. The van der Waals surface area contributed by atoms with Crippen LogP contribution in [-0.4, -0.2) is 84.9 Å². The topological polar surface area (TPSA) is 85.0 Å². The van der Waals surface area contributed by atoms with Gasteiger partial charge in [0, 0.05) is 45.0 Å². The number of hydrogen-bond donors (Lipinski definition) is 2. The highest BCUT2D eigenvalue weighted by Crippen LogP contribution is 2.15. The quantitative estimate of drug-likeness (QED) is 0.774. The van der Waals surface area contributed by atoms with E-state index in [2.05, 4.69) is 15.5 Å². The summed E-state index contributed by atoms with van der Waals surface area (Å²) in [6.07, 6.45) is 2.21. The molecule has 0 aromatic heterocycles. The second kappa shape index (κ2) is 9.84. The van der Waals surface area contributed by atoms with Gasteiger partial charge in [-0.1, -0.05) is 17.7 Å². The summed E-state index contributed by atoms with van der Waals surface area (Å²) in [6, 6.07) is 5.21. The third-order valence-corrected chi connectivity index (χ3v) is 5.53. The number of aryl methyl sites for hydroxylation is 2. The SMILES string of the molecule is Cc1ccc(NC(=O)NC(=O)CN2CCN(CC(=O)N3CCCC3)CC2)c(C)c1. The fraction of sp³-hybridized carbons (Fsp3) is 0.571. The normalized spacial score (nSPS) is 17.9. The van der Waals surface area contributed by atoms with E-state index in [0.29, 0.717) is 25.3 Å². The van der Waals surface area contributed by atoms with Crippen LogP contribution in [-0.2, 0) is 9.59 Å². The third-order valence-electron chi connectivity index (χ3n) is 5.53. The Morgan fingerprint density at radius 3 is 2.14 bits per heavy atom. The summed E-state index contributed by atoms with van der Waals surface area (Å²) in [5.74, 6) is -0.120. The van der Waals surface area contributed by atoms with Gasteiger partial charge in [-0.25, -0.2) is 4.79 Å². The minimum atomic E-state index is -0.517. The number of piperazine rings is 1. The molecule has 2 aliphatic heterocycles. The minimum Gasteiger partial charge on any atom is -0.342 e. The number of carbonyl (C=O) groups is 3. The first-order chi connectivity index (χ1) is 13.9. The average molecular weight is 402 g/mol. The molecule has 2 N–H and O–H groups in total. The zero-order valence-corrected chi connectivity index (χ0v) is 17.4. The van der Waals surface area contributed by atoms with E-state index in [1.807, 2.05) is 41.8 Å². The number of urea groups is 1. The van der Waals surface area contributed by atoms with E-state index in [4.69, 9.17) is 0 Å². The molecule has 2 saturated heterocycles. The van der Waals surface area contributed by atoms with Crippen molar-refractivity contribution in [3.63, 3.8) is 0 Å². The van der Waals surface area contributed by atoms with Gasteiger partial charge < -0.3 is 10.2 Å². The molecule has 0 atom stereocenters. The monoisotopic (exact) mass is 401 g/mol. The number of amides is 4. The van der Waals surface area contributed by atoms with Gasteiger partial charge in [-0.15, -0.1) is 0 Å². The second-order valence-corrected chi connectivity index (χ2v) is 7.96. The van der Waals surface area contributed by atoms with Crippen LogP contribution in [0.2, 0.25) is 0 Å². The maximum atomic E-state index is 12.2. The van der Waals surface area contributed by atoms with Crippen LogP contribution in [0.15, 0.2) is 18.2 Å². The van der Waals surface area contributed by atoms with Crippen LogP contribution < -0.4 is 10.6 Å². The number of nitrogens with zero attached hydrogens (tertiary/aromatic N) is 3. The summed E-state index contributed by atoms with van der Waals surface area (Å²) in [5, 5.41) is 5.11. The van der Waals surface area contributed by atoms with Crippen LogP contribution in [0.3, 0.4) is 0 Å². The first-order valence-corrected chi connectivity index (χ1v) is 10.3. The highest BCUT2D eigenvalue weighted by atomic mass is 16.2. The van der Waals surface area contributed by atoms with Gasteiger partial charge in [-0.3, -0.25) is 24.7 Å². The number of likely N-dealkylation sites (tertiary alicyclic amines) is 1. The zero-order valence-electron chi connectivity index (χ0n) is 17.4. The molecule has 2 aliphatic rings. The summed E-state index contributed by atoms with van der Waals surface area (Å²) in [7, 11) is 0. The number of rotatable bonds is 5. The molecule has 3 rings (SSSR count). The van der Waals surface area contributed by atoms with Crippen molar-refractivity contribution in [1.29, 1.82) is 0 Å². The molecule has 0 saturated carbocycles. The van der Waals surface area contributed by atoms with Gasteiger partial charge in [-0.2, -0.15) is 0 Å². The standard InChI is InChI=1S/C21H31N5O3/c1-16-5-6-18(17(2)13-16)22-21(29)23-19(27)14-24-9-11-25(12-10-24)15-20(28)26-7-3-4-8-26/h5-6,13H,3-4,7-12,14-15H2,1-2H3,(H2,22,23,27,29). The van der Waals surface area contributed by atoms with Crippen molar-refractivity contribution < 1.29 is 14.4 Å². The van der Waals surface area contributed by atoms with E-state index in [0.717, 1.165) is 50.1 Å². The lowest BCUT2D eigenvalue weighted by Gasteiger charge is -2.34. The van der Waals surface area contributed by atoms with Crippen molar-refractivity contribution in [1.82, 2.24) is 20.0 Å². The molecule has 158 valence electrons. The molecule has 0 aliphatic carbocycles. The Balaban J connectivity index is 1.36. The minimum absolute atomic E-state index is 0.175. The third kappa shape index (κ3) is 6.27. The predicted molar refractivity (Wildman–Crippen MR) is 112 cm³/mol. The number of benzene rings is 1. The maximum absolute atomic E-state index is 12.2. The molecule has 2 fully saturated rings. The van der Waals surface area contributed by atoms with Crippen LogP contribution in [0.5, 0.6) is 0 Å². The smallest absolute Gasteiger partial charge is 0.325 e. The van der Waals surface area contributed by atoms with Gasteiger partial charge in [0.2, 0.25) is 11.8 Å². The van der Waals surface area contributed by atoms with Crippen LogP contribution in [0.1, 0.15) is 24.0 Å². The van der Waals surface area contributed by atoms with Gasteiger partial charge in [0.1, 0.15) is 0 Å². The summed E-state index contributed by atoms with van der Waals surface area (Å²) in [5.41, 5.74) is 2.76. The summed E-state index contributed by atoms with van der Waals surface area (Å²) in [6.45, 7) is 9.21. The van der Waals surface area contributed by atoms with Crippen LogP contribution in [0.4, 0.5) is 10.5 Å². The first-order valence-electron chi connectivity index (χ1n) is 10.3. The molecule has 8 nitrogen and oxygen atoms in total. The molecule has 29 heavy (non-hydrogen) atoms. The van der Waals surface area contributed by atoms with E-state index in [9.17, 15) is 14.4 Å². The molecule has 4 amide bonds. The van der Waals surface area contributed by atoms with Gasteiger partial charge in [0.15, 0.2) is 0 Å². The van der Waals surface area contributed by atoms with Gasteiger partial charge in [0.05, 0.1) is 13.1 Å². The lowest BCUT2D eigenvalue weighted by Crippen LogP contribution is -2.52. The second-order valence-electron chi connectivity index (χ2n) is 7.96. The Kier molecular flexibility index (Phi) is 7.22. The van der Waals surface area contributed by atoms with Crippen LogP contribution >= 0.6 is 0 Å². The predicted octanol–water partition coefficient (Wildman–Crippen LogP) is 1.19. The lowest BCUT2D eigenvalue weighted by molar-refractivity contribution is -0.132. The molecule has 1 aromatic carbocycles. The number of nitrogens with one attached hydrogen (secondary N) is 2. The van der Waals surface area contributed by atoms with Crippen molar-refractivity contribution in [2.75, 3.05) is 57.7 Å². The summed E-state index contributed by atoms with van der Waals surface area (Å²) in [4.78, 5) is 42.6. The number of imide groups is 1. The van der Waals surface area contributed by atoms with Crippen molar-refractivity contribution >= 4 is 23.5 Å². The Morgan fingerprint density at radius 2 is 1.52 bits per heavy atom. The fourth-order valence-corrected chi connectivity index (χ4v) is 3.84. The average Bonchev–Trinajstić information content (AvgIpc) is 3.20. The van der Waals surface area contributed by atoms with Crippen molar-refractivity contribution in [2.45, 2.75) is 26.7 Å². The fourth-order valence-electron chi connectivity index (χ4n) is 3.84. The lowest BCUT2D eigenvalue weighted by atomic mass is 10.1. The van der Waals surface area contributed by atoms with Crippen molar-refractivity contribution in [3.05, 3.63) is 29.3 Å². The van der Waals surface area contributed by atoms with E-state index in [1.165, 1.54) is 0 Å². The Morgan fingerprint density at radius 1 is 0.897 bits per heavy atom. The molecule has 0 spiro atoms. The molecule has 0 unspecified atom stereocenters. The Labute approximate surface area is 172 Å².